The Labute approximate surface area is 166 Å². The van der Waals surface area contributed by atoms with E-state index in [1.807, 2.05) is 36.4 Å². The van der Waals surface area contributed by atoms with Gasteiger partial charge in [0.1, 0.15) is 31.1 Å². The van der Waals surface area contributed by atoms with Crippen LogP contribution in [0.15, 0.2) is 54.9 Å². The molecule has 0 saturated carbocycles. The highest BCUT2D eigenvalue weighted by Crippen LogP contribution is 2.33. The van der Waals surface area contributed by atoms with Gasteiger partial charge in [-0.1, -0.05) is 29.8 Å². The summed E-state index contributed by atoms with van der Waals surface area (Å²) in [5.74, 6) is 1.56. The molecule has 1 amide bonds. The Kier molecular flexibility index (Phi) is 5.25. The molecule has 1 aliphatic heterocycles. The molecule has 28 heavy (non-hydrogen) atoms. The van der Waals surface area contributed by atoms with Crippen molar-refractivity contribution in [2.24, 2.45) is 0 Å². The van der Waals surface area contributed by atoms with Crippen molar-refractivity contribution < 1.29 is 14.3 Å². The van der Waals surface area contributed by atoms with Crippen molar-refractivity contribution in [3.8, 4) is 11.5 Å². The van der Waals surface area contributed by atoms with Gasteiger partial charge in [-0.05, 0) is 23.8 Å². The average Bonchev–Trinajstić information content (AvgIpc) is 2.73. The summed E-state index contributed by atoms with van der Waals surface area (Å²) in [7, 11) is 0. The number of hydrogen-bond donors (Lipinski definition) is 2. The monoisotopic (exact) mass is 396 g/mol. The van der Waals surface area contributed by atoms with Crippen LogP contribution in [0.1, 0.15) is 16.1 Å². The topological polar surface area (TPSA) is 85.4 Å². The highest BCUT2D eigenvalue weighted by atomic mass is 35.5. The van der Waals surface area contributed by atoms with E-state index in [-0.39, 0.29) is 11.6 Å². The Bertz CT molecular complexity index is 1010. The minimum absolute atomic E-state index is 0.252. The van der Waals surface area contributed by atoms with Gasteiger partial charge in [0.2, 0.25) is 0 Å². The highest BCUT2D eigenvalue weighted by Gasteiger charge is 2.13. The van der Waals surface area contributed by atoms with Crippen molar-refractivity contribution in [2.45, 2.75) is 6.54 Å². The van der Waals surface area contributed by atoms with Crippen LogP contribution in [-0.4, -0.2) is 29.1 Å². The Morgan fingerprint density at radius 2 is 1.86 bits per heavy atom. The summed E-state index contributed by atoms with van der Waals surface area (Å²) in [5, 5.41) is 6.56. The van der Waals surface area contributed by atoms with Gasteiger partial charge in [-0.3, -0.25) is 4.79 Å². The van der Waals surface area contributed by atoms with E-state index < -0.39 is 0 Å². The molecule has 1 aliphatic rings. The summed E-state index contributed by atoms with van der Waals surface area (Å²) in [4.78, 5) is 20.6. The minimum atomic E-state index is -0.312. The summed E-state index contributed by atoms with van der Waals surface area (Å²) in [6, 6.07) is 14.4. The van der Waals surface area contributed by atoms with Gasteiger partial charge in [0.05, 0.1) is 0 Å². The lowest BCUT2D eigenvalue weighted by atomic mass is 10.2. The van der Waals surface area contributed by atoms with Crippen LogP contribution < -0.4 is 20.1 Å². The summed E-state index contributed by atoms with van der Waals surface area (Å²) in [6.45, 7) is 1.37. The van der Waals surface area contributed by atoms with Gasteiger partial charge in [0.15, 0.2) is 11.5 Å². The molecular weight excluding hydrogens is 380 g/mol. The summed E-state index contributed by atoms with van der Waals surface area (Å²) in [5.41, 5.74) is 1.86. The predicted octanol–water partition coefficient (Wildman–Crippen LogP) is 3.57. The second-order valence-corrected chi connectivity index (χ2v) is 6.45. The number of aromatic nitrogens is 2. The lowest BCUT2D eigenvalue weighted by Gasteiger charge is -2.19. The molecule has 0 aliphatic carbocycles. The lowest BCUT2D eigenvalue weighted by Crippen LogP contribution is -2.24. The van der Waals surface area contributed by atoms with E-state index in [0.717, 1.165) is 11.3 Å². The van der Waals surface area contributed by atoms with Gasteiger partial charge in [-0.2, -0.15) is 0 Å². The van der Waals surface area contributed by atoms with Crippen molar-refractivity contribution in [3.63, 3.8) is 0 Å². The fourth-order valence-electron chi connectivity index (χ4n) is 2.73. The van der Waals surface area contributed by atoms with E-state index in [2.05, 4.69) is 20.6 Å². The smallest absolute Gasteiger partial charge is 0.270 e. The van der Waals surface area contributed by atoms with Crippen molar-refractivity contribution in [1.82, 2.24) is 15.3 Å². The molecule has 0 radical (unpaired) electrons. The summed E-state index contributed by atoms with van der Waals surface area (Å²) >= 11 is 6.11. The number of halogens is 1. The molecular formula is C20H17ClN4O3. The second-order valence-electron chi connectivity index (χ2n) is 6.05. The van der Waals surface area contributed by atoms with Crippen molar-refractivity contribution in [2.75, 3.05) is 18.5 Å². The Hall–Kier alpha value is -3.32. The van der Waals surface area contributed by atoms with Gasteiger partial charge in [-0.15, -0.1) is 0 Å². The molecule has 0 atom stereocenters. The molecule has 0 bridgehead atoms. The normalized spacial score (nSPS) is 12.3. The number of benzene rings is 2. The molecule has 2 aromatic carbocycles. The van der Waals surface area contributed by atoms with Crippen LogP contribution in [0, 0.1) is 0 Å². The number of nitrogens with zero attached hydrogens (tertiary/aromatic N) is 2. The third-order valence-electron chi connectivity index (χ3n) is 4.11. The Morgan fingerprint density at radius 1 is 1.04 bits per heavy atom. The van der Waals surface area contributed by atoms with E-state index >= 15 is 0 Å². The standard InChI is InChI=1S/C20H17ClN4O3/c21-15-4-2-1-3-13(15)11-22-20(26)16-10-19(24-12-23-16)25-14-5-6-17-18(9-14)28-8-7-27-17/h1-6,9-10,12H,7-8,11H2,(H,22,26)(H,23,24,25). The van der Waals surface area contributed by atoms with Crippen molar-refractivity contribution in [3.05, 3.63) is 71.1 Å². The molecule has 7 nitrogen and oxygen atoms in total. The van der Waals surface area contributed by atoms with Crippen LogP contribution in [0.4, 0.5) is 11.5 Å². The summed E-state index contributed by atoms with van der Waals surface area (Å²) in [6.07, 6.45) is 1.34. The zero-order valence-electron chi connectivity index (χ0n) is 14.8. The molecule has 2 heterocycles. The lowest BCUT2D eigenvalue weighted by molar-refractivity contribution is 0.0946. The molecule has 142 valence electrons. The zero-order chi connectivity index (χ0) is 19.3. The van der Waals surface area contributed by atoms with E-state index in [0.29, 0.717) is 42.1 Å². The van der Waals surface area contributed by atoms with Crippen LogP contribution in [0.5, 0.6) is 11.5 Å². The molecule has 0 fully saturated rings. The zero-order valence-corrected chi connectivity index (χ0v) is 15.6. The fourth-order valence-corrected chi connectivity index (χ4v) is 2.93. The first kappa shape index (κ1) is 18.1. The number of carbonyl (C=O) groups is 1. The number of carbonyl (C=O) groups excluding carboxylic acids is 1. The van der Waals surface area contributed by atoms with Crippen LogP contribution >= 0.6 is 11.6 Å². The Morgan fingerprint density at radius 3 is 2.71 bits per heavy atom. The van der Waals surface area contributed by atoms with Crippen LogP contribution in [0.2, 0.25) is 5.02 Å². The van der Waals surface area contributed by atoms with E-state index in [1.165, 1.54) is 6.33 Å². The number of rotatable bonds is 5. The fraction of sp³-hybridized carbons (Fsp3) is 0.150. The van der Waals surface area contributed by atoms with Crippen LogP contribution in [-0.2, 0) is 6.54 Å². The quantitative estimate of drug-likeness (QED) is 0.685. The maximum absolute atomic E-state index is 12.4. The van der Waals surface area contributed by atoms with Crippen molar-refractivity contribution >= 4 is 29.0 Å². The maximum Gasteiger partial charge on any atom is 0.270 e. The summed E-state index contributed by atoms with van der Waals surface area (Å²) < 4.78 is 11.1. The minimum Gasteiger partial charge on any atom is -0.486 e. The average molecular weight is 397 g/mol. The SMILES string of the molecule is O=C(NCc1ccccc1Cl)c1cc(Nc2ccc3c(c2)OCCO3)ncn1. The molecule has 1 aromatic heterocycles. The number of ether oxygens (including phenoxy) is 2. The molecule has 3 aromatic rings. The van der Waals surface area contributed by atoms with E-state index in [1.54, 1.807) is 12.1 Å². The van der Waals surface area contributed by atoms with E-state index in [9.17, 15) is 4.79 Å². The maximum atomic E-state index is 12.4. The Balaban J connectivity index is 1.44. The van der Waals surface area contributed by atoms with Crippen LogP contribution in [0.3, 0.4) is 0 Å². The van der Waals surface area contributed by atoms with Gasteiger partial charge < -0.3 is 20.1 Å². The highest BCUT2D eigenvalue weighted by molar-refractivity contribution is 6.31. The molecule has 2 N–H and O–H groups in total. The number of amides is 1. The van der Waals surface area contributed by atoms with Gasteiger partial charge in [0, 0.05) is 29.4 Å². The van der Waals surface area contributed by atoms with E-state index in [4.69, 9.17) is 21.1 Å². The first-order chi connectivity index (χ1) is 13.7. The largest absolute Gasteiger partial charge is 0.486 e. The van der Waals surface area contributed by atoms with Crippen molar-refractivity contribution in [1.29, 1.82) is 0 Å². The molecule has 0 unspecified atom stereocenters. The predicted molar refractivity (Wildman–Crippen MR) is 105 cm³/mol. The van der Waals surface area contributed by atoms with Gasteiger partial charge in [-0.25, -0.2) is 9.97 Å². The molecule has 0 saturated heterocycles. The number of nitrogens with one attached hydrogen (secondary N) is 2. The van der Waals surface area contributed by atoms with Gasteiger partial charge in [0.25, 0.3) is 5.91 Å². The number of fused-ring (bicyclic) bond motifs is 1. The second kappa shape index (κ2) is 8.14. The first-order valence-corrected chi connectivity index (χ1v) is 9.07. The van der Waals surface area contributed by atoms with Gasteiger partial charge >= 0.3 is 0 Å². The molecule has 4 rings (SSSR count). The number of hydrogen-bond acceptors (Lipinski definition) is 6. The molecule has 0 spiro atoms. The van der Waals surface area contributed by atoms with Crippen LogP contribution in [0.25, 0.3) is 0 Å². The third kappa shape index (κ3) is 4.15. The molecule has 8 heteroatoms. The number of anilines is 2. The first-order valence-electron chi connectivity index (χ1n) is 8.69. The third-order valence-corrected chi connectivity index (χ3v) is 4.48.